The van der Waals surface area contributed by atoms with Crippen LogP contribution in [0.25, 0.3) is 0 Å². The smallest absolute Gasteiger partial charge is 0.0710 e. The lowest BCUT2D eigenvalue weighted by Crippen LogP contribution is -2.44. The standard InChI is InChI=1S/C13H16N2/c1-3-8-14-10-5-11-15-9-4-2-7-13(15)12(14)6-1/h1-4,6-9,12-13H,5,10-11H2/t12-,13-/m1/s1. The fraction of sp³-hybridized carbons (Fsp3) is 0.385. The summed E-state index contributed by atoms with van der Waals surface area (Å²) in [4.78, 5) is 4.91. The topological polar surface area (TPSA) is 6.48 Å². The Morgan fingerprint density at radius 2 is 1.27 bits per heavy atom. The van der Waals surface area contributed by atoms with Crippen LogP contribution in [0.5, 0.6) is 0 Å². The zero-order valence-corrected chi connectivity index (χ0v) is 8.79. The molecule has 0 aliphatic carbocycles. The van der Waals surface area contributed by atoms with E-state index in [1.54, 1.807) is 0 Å². The van der Waals surface area contributed by atoms with Crippen molar-refractivity contribution >= 4 is 0 Å². The molecule has 2 atom stereocenters. The molecular weight excluding hydrogens is 184 g/mol. The van der Waals surface area contributed by atoms with Crippen molar-refractivity contribution in [1.29, 1.82) is 0 Å². The van der Waals surface area contributed by atoms with Crippen molar-refractivity contribution in [3.8, 4) is 0 Å². The van der Waals surface area contributed by atoms with E-state index in [-0.39, 0.29) is 0 Å². The molecule has 15 heavy (non-hydrogen) atoms. The van der Waals surface area contributed by atoms with E-state index in [0.29, 0.717) is 12.1 Å². The fourth-order valence-corrected chi connectivity index (χ4v) is 2.60. The van der Waals surface area contributed by atoms with Crippen molar-refractivity contribution in [2.75, 3.05) is 13.1 Å². The highest BCUT2D eigenvalue weighted by atomic mass is 15.3. The maximum atomic E-state index is 2.45. The number of allylic oxidation sites excluding steroid dienone is 4. The van der Waals surface area contributed by atoms with Gasteiger partial charge in [0.1, 0.15) is 0 Å². The van der Waals surface area contributed by atoms with Crippen LogP contribution in [0.15, 0.2) is 48.9 Å². The summed E-state index contributed by atoms with van der Waals surface area (Å²) in [5, 5.41) is 0. The molecule has 3 rings (SSSR count). The van der Waals surface area contributed by atoms with Crippen LogP contribution in [0.3, 0.4) is 0 Å². The summed E-state index contributed by atoms with van der Waals surface area (Å²) in [5.41, 5.74) is 0. The van der Waals surface area contributed by atoms with Crippen molar-refractivity contribution in [2.24, 2.45) is 0 Å². The summed E-state index contributed by atoms with van der Waals surface area (Å²) in [6.07, 6.45) is 18.9. The Bertz CT molecular complexity index is 318. The Balaban J connectivity index is 1.92. The summed E-state index contributed by atoms with van der Waals surface area (Å²) in [6, 6.07) is 1.03. The molecule has 0 N–H and O–H groups in total. The molecule has 1 fully saturated rings. The molecule has 3 aliphatic heterocycles. The van der Waals surface area contributed by atoms with Crippen molar-refractivity contribution in [3.63, 3.8) is 0 Å². The molecule has 0 aromatic heterocycles. The van der Waals surface area contributed by atoms with Crippen molar-refractivity contribution < 1.29 is 0 Å². The van der Waals surface area contributed by atoms with E-state index in [2.05, 4.69) is 58.7 Å². The van der Waals surface area contributed by atoms with E-state index in [1.165, 1.54) is 19.5 Å². The van der Waals surface area contributed by atoms with Crippen molar-refractivity contribution in [1.82, 2.24) is 9.80 Å². The molecule has 0 saturated carbocycles. The first-order valence-electron chi connectivity index (χ1n) is 5.67. The normalized spacial score (nSPS) is 32.5. The van der Waals surface area contributed by atoms with Gasteiger partial charge < -0.3 is 9.80 Å². The monoisotopic (exact) mass is 200 g/mol. The molecule has 0 radical (unpaired) electrons. The lowest BCUT2D eigenvalue weighted by Gasteiger charge is -2.37. The van der Waals surface area contributed by atoms with Gasteiger partial charge in [-0.05, 0) is 31.0 Å². The third kappa shape index (κ3) is 1.50. The van der Waals surface area contributed by atoms with E-state index in [4.69, 9.17) is 0 Å². The molecule has 78 valence electrons. The second-order valence-electron chi connectivity index (χ2n) is 4.26. The average Bonchev–Trinajstić information content (AvgIpc) is 2.48. The van der Waals surface area contributed by atoms with Gasteiger partial charge in [0.05, 0.1) is 12.1 Å². The first-order chi connectivity index (χ1) is 7.45. The summed E-state index contributed by atoms with van der Waals surface area (Å²) in [6.45, 7) is 2.33. The van der Waals surface area contributed by atoms with Gasteiger partial charge in [0.2, 0.25) is 0 Å². The third-order valence-electron chi connectivity index (χ3n) is 3.34. The molecule has 0 aromatic rings. The maximum absolute atomic E-state index is 2.45. The number of hydrogen-bond acceptors (Lipinski definition) is 2. The zero-order chi connectivity index (χ0) is 10.1. The number of hydrogen-bond donors (Lipinski definition) is 0. The van der Waals surface area contributed by atoms with E-state index in [9.17, 15) is 0 Å². The molecule has 1 saturated heterocycles. The van der Waals surface area contributed by atoms with Gasteiger partial charge in [-0.15, -0.1) is 0 Å². The number of fused-ring (bicyclic) bond motifs is 3. The van der Waals surface area contributed by atoms with Crippen molar-refractivity contribution in [2.45, 2.75) is 18.5 Å². The van der Waals surface area contributed by atoms with Gasteiger partial charge in [-0.25, -0.2) is 0 Å². The summed E-state index contributed by atoms with van der Waals surface area (Å²) >= 11 is 0. The Kier molecular flexibility index (Phi) is 2.13. The lowest BCUT2D eigenvalue weighted by atomic mass is 10.0. The maximum Gasteiger partial charge on any atom is 0.0710 e. The van der Waals surface area contributed by atoms with Gasteiger partial charge in [0.25, 0.3) is 0 Å². The first-order valence-corrected chi connectivity index (χ1v) is 5.67. The molecule has 3 heterocycles. The summed E-state index contributed by atoms with van der Waals surface area (Å²) in [5.74, 6) is 0. The van der Waals surface area contributed by atoms with Gasteiger partial charge in [-0.2, -0.15) is 0 Å². The van der Waals surface area contributed by atoms with E-state index in [0.717, 1.165) is 0 Å². The molecule has 0 unspecified atom stereocenters. The van der Waals surface area contributed by atoms with Crippen LogP contribution in [0, 0.1) is 0 Å². The Morgan fingerprint density at radius 3 is 1.80 bits per heavy atom. The van der Waals surface area contributed by atoms with Crippen LogP contribution >= 0.6 is 0 Å². The average molecular weight is 200 g/mol. The summed E-state index contributed by atoms with van der Waals surface area (Å²) in [7, 11) is 0. The summed E-state index contributed by atoms with van der Waals surface area (Å²) < 4.78 is 0. The molecule has 2 nitrogen and oxygen atoms in total. The molecular formula is C13H16N2. The lowest BCUT2D eigenvalue weighted by molar-refractivity contribution is 0.248. The van der Waals surface area contributed by atoms with Gasteiger partial charge in [-0.1, -0.05) is 24.3 Å². The molecule has 0 amide bonds. The van der Waals surface area contributed by atoms with Crippen LogP contribution in [-0.2, 0) is 0 Å². The van der Waals surface area contributed by atoms with Gasteiger partial charge in [0, 0.05) is 13.1 Å². The van der Waals surface area contributed by atoms with Gasteiger partial charge in [0.15, 0.2) is 0 Å². The van der Waals surface area contributed by atoms with Crippen molar-refractivity contribution in [3.05, 3.63) is 48.9 Å². The van der Waals surface area contributed by atoms with E-state index in [1.807, 2.05) is 0 Å². The molecule has 2 heteroatoms. The minimum atomic E-state index is 0.513. The van der Waals surface area contributed by atoms with E-state index >= 15 is 0 Å². The third-order valence-corrected chi connectivity index (χ3v) is 3.34. The number of nitrogens with zero attached hydrogens (tertiary/aromatic N) is 2. The molecule has 3 aliphatic rings. The van der Waals surface area contributed by atoms with Crippen LogP contribution in [0.2, 0.25) is 0 Å². The SMILES string of the molecule is C1=C[C@@H]2[C@H]3C=CC=CN3CCCN2C=C1. The highest BCUT2D eigenvalue weighted by Gasteiger charge is 2.29. The zero-order valence-electron chi connectivity index (χ0n) is 8.79. The van der Waals surface area contributed by atoms with Crippen LogP contribution < -0.4 is 0 Å². The fourth-order valence-electron chi connectivity index (χ4n) is 2.60. The van der Waals surface area contributed by atoms with Gasteiger partial charge >= 0.3 is 0 Å². The minimum Gasteiger partial charge on any atom is -0.369 e. The highest BCUT2D eigenvalue weighted by Crippen LogP contribution is 2.23. The number of rotatable bonds is 0. The predicted molar refractivity (Wildman–Crippen MR) is 62.2 cm³/mol. The quantitative estimate of drug-likeness (QED) is 0.589. The Hall–Kier alpha value is -1.44. The predicted octanol–water partition coefficient (Wildman–Crippen LogP) is 1.90. The van der Waals surface area contributed by atoms with Crippen LogP contribution in [0.4, 0.5) is 0 Å². The highest BCUT2D eigenvalue weighted by molar-refractivity contribution is 5.24. The first kappa shape index (κ1) is 8.84. The van der Waals surface area contributed by atoms with Crippen LogP contribution in [-0.4, -0.2) is 35.0 Å². The Labute approximate surface area is 90.9 Å². The van der Waals surface area contributed by atoms with Gasteiger partial charge in [-0.3, -0.25) is 0 Å². The minimum absolute atomic E-state index is 0.513. The second-order valence-corrected chi connectivity index (χ2v) is 4.26. The molecule has 0 spiro atoms. The second kappa shape index (κ2) is 3.61. The Morgan fingerprint density at radius 1 is 0.733 bits per heavy atom. The van der Waals surface area contributed by atoms with Crippen LogP contribution in [0.1, 0.15) is 6.42 Å². The molecule has 0 bridgehead atoms. The van der Waals surface area contributed by atoms with E-state index < -0.39 is 0 Å². The molecule has 0 aromatic carbocycles. The largest absolute Gasteiger partial charge is 0.369 e.